The van der Waals surface area contributed by atoms with Gasteiger partial charge in [0.1, 0.15) is 0 Å². The number of carbonyl (C=O) groups is 3. The van der Waals surface area contributed by atoms with Crippen LogP contribution in [-0.4, -0.2) is 51.0 Å². The highest BCUT2D eigenvalue weighted by molar-refractivity contribution is 7.99. The van der Waals surface area contributed by atoms with E-state index >= 15 is 0 Å². The van der Waals surface area contributed by atoms with Gasteiger partial charge in [-0.05, 0) is 43.5 Å². The molecule has 34 heavy (non-hydrogen) atoms. The topological polar surface area (TPSA) is 110 Å². The van der Waals surface area contributed by atoms with Gasteiger partial charge in [0.15, 0.2) is 5.16 Å². The first-order valence-electron chi connectivity index (χ1n) is 11.1. The number of imidazole rings is 1. The van der Waals surface area contributed by atoms with Crippen LogP contribution in [0.15, 0.2) is 66.1 Å². The molecule has 3 aromatic rings. The highest BCUT2D eigenvalue weighted by Gasteiger charge is 2.27. The number of nitrogens with zero attached hydrogens (tertiary/aromatic N) is 3. The lowest BCUT2D eigenvalue weighted by Gasteiger charge is -2.31. The number of para-hydroxylation sites is 2. The molecule has 3 amide bonds. The Bertz CT molecular complexity index is 1200. The van der Waals surface area contributed by atoms with E-state index in [1.807, 2.05) is 42.0 Å². The van der Waals surface area contributed by atoms with E-state index in [4.69, 9.17) is 5.73 Å². The first-order valence-corrected chi connectivity index (χ1v) is 12.1. The second-order valence-corrected chi connectivity index (χ2v) is 9.16. The van der Waals surface area contributed by atoms with Crippen LogP contribution in [0.4, 0.5) is 5.69 Å². The van der Waals surface area contributed by atoms with Crippen molar-refractivity contribution < 1.29 is 14.4 Å². The van der Waals surface area contributed by atoms with E-state index in [0.717, 1.165) is 11.3 Å². The fourth-order valence-corrected chi connectivity index (χ4v) is 4.81. The van der Waals surface area contributed by atoms with E-state index in [9.17, 15) is 14.4 Å². The summed E-state index contributed by atoms with van der Waals surface area (Å²) in [6.45, 7) is 2.96. The molecule has 8 nitrogen and oxygen atoms in total. The molecule has 0 aliphatic carbocycles. The van der Waals surface area contributed by atoms with Crippen molar-refractivity contribution in [3.63, 3.8) is 0 Å². The molecule has 0 spiro atoms. The van der Waals surface area contributed by atoms with Crippen LogP contribution in [0.2, 0.25) is 0 Å². The van der Waals surface area contributed by atoms with Crippen molar-refractivity contribution in [2.45, 2.75) is 24.9 Å². The van der Waals surface area contributed by atoms with E-state index in [-0.39, 0.29) is 29.4 Å². The monoisotopic (exact) mass is 477 g/mol. The number of likely N-dealkylation sites (tertiary alicyclic amines) is 1. The molecule has 0 atom stereocenters. The van der Waals surface area contributed by atoms with Gasteiger partial charge in [0, 0.05) is 31.4 Å². The van der Waals surface area contributed by atoms with E-state index in [0.29, 0.717) is 42.3 Å². The fraction of sp³-hybridized carbons (Fsp3) is 0.280. The molecule has 1 aromatic heterocycles. The summed E-state index contributed by atoms with van der Waals surface area (Å²) in [7, 11) is 0. The summed E-state index contributed by atoms with van der Waals surface area (Å²) >= 11 is 1.33. The Morgan fingerprint density at radius 1 is 1.09 bits per heavy atom. The zero-order valence-corrected chi connectivity index (χ0v) is 19.8. The first-order chi connectivity index (χ1) is 16.4. The molecule has 4 rings (SSSR count). The number of hydrogen-bond donors (Lipinski definition) is 2. The van der Waals surface area contributed by atoms with Crippen molar-refractivity contribution in [1.82, 2.24) is 14.5 Å². The number of thioether (sulfide) groups is 1. The Hall–Kier alpha value is -3.59. The Kier molecular flexibility index (Phi) is 7.32. The summed E-state index contributed by atoms with van der Waals surface area (Å²) < 4.78 is 1.96. The number of aryl methyl sites for hydroxylation is 1. The normalized spacial score (nSPS) is 14.1. The summed E-state index contributed by atoms with van der Waals surface area (Å²) in [5, 5.41) is 3.59. The minimum Gasteiger partial charge on any atom is -0.369 e. The number of nitrogens with one attached hydrogen (secondary N) is 1. The van der Waals surface area contributed by atoms with Crippen molar-refractivity contribution in [3.8, 4) is 5.69 Å². The lowest BCUT2D eigenvalue weighted by molar-refractivity contribution is -0.123. The van der Waals surface area contributed by atoms with Crippen molar-refractivity contribution in [2.75, 3.05) is 24.2 Å². The lowest BCUT2D eigenvalue weighted by Crippen LogP contribution is -2.42. The number of primary amides is 1. The third-order valence-corrected chi connectivity index (χ3v) is 6.90. The maximum atomic E-state index is 13.1. The van der Waals surface area contributed by atoms with Gasteiger partial charge >= 0.3 is 0 Å². The molecule has 176 valence electrons. The number of aromatic nitrogens is 2. The molecule has 9 heteroatoms. The molecule has 0 unspecified atom stereocenters. The zero-order valence-electron chi connectivity index (χ0n) is 18.9. The molecule has 0 saturated carbocycles. The minimum absolute atomic E-state index is 0.148. The molecule has 1 aliphatic heterocycles. The molecule has 1 fully saturated rings. The first kappa shape index (κ1) is 23.6. The Morgan fingerprint density at radius 2 is 1.79 bits per heavy atom. The number of hydrogen-bond acceptors (Lipinski definition) is 5. The maximum Gasteiger partial charge on any atom is 0.255 e. The van der Waals surface area contributed by atoms with Crippen LogP contribution in [0.5, 0.6) is 0 Å². The van der Waals surface area contributed by atoms with Crippen LogP contribution in [0.1, 0.15) is 28.8 Å². The molecule has 0 radical (unpaired) electrons. The molecule has 2 heterocycles. The summed E-state index contributed by atoms with van der Waals surface area (Å²) in [5.74, 6) is -0.753. The van der Waals surface area contributed by atoms with Crippen LogP contribution in [0.25, 0.3) is 5.69 Å². The number of anilines is 1. The second-order valence-electron chi connectivity index (χ2n) is 8.22. The molecule has 1 saturated heterocycles. The van der Waals surface area contributed by atoms with Crippen molar-refractivity contribution >= 4 is 35.2 Å². The van der Waals surface area contributed by atoms with Gasteiger partial charge in [-0.25, -0.2) is 4.98 Å². The number of carbonyl (C=O) groups excluding carboxylic acids is 3. The SMILES string of the molecule is Cc1ccccc1-n1ccnc1SCC(=O)Nc1ccccc1C(=O)N1CCC(C(N)=O)CC1. The highest BCUT2D eigenvalue weighted by Crippen LogP contribution is 2.25. The van der Waals surface area contributed by atoms with E-state index in [1.54, 1.807) is 35.4 Å². The third-order valence-electron chi connectivity index (χ3n) is 5.93. The van der Waals surface area contributed by atoms with Gasteiger partial charge in [0.2, 0.25) is 11.8 Å². The predicted molar refractivity (Wildman–Crippen MR) is 132 cm³/mol. The average molecular weight is 478 g/mol. The van der Waals surface area contributed by atoms with Crippen molar-refractivity contribution in [3.05, 3.63) is 72.1 Å². The predicted octanol–water partition coefficient (Wildman–Crippen LogP) is 3.25. The van der Waals surface area contributed by atoms with Crippen LogP contribution >= 0.6 is 11.8 Å². The Morgan fingerprint density at radius 3 is 2.53 bits per heavy atom. The van der Waals surface area contributed by atoms with Gasteiger partial charge in [-0.1, -0.05) is 42.1 Å². The molecule has 2 aromatic carbocycles. The molecule has 3 N–H and O–H groups in total. The number of rotatable bonds is 7. The zero-order chi connectivity index (χ0) is 24.1. The van der Waals surface area contributed by atoms with E-state index in [1.165, 1.54) is 11.8 Å². The Balaban J connectivity index is 1.40. The smallest absolute Gasteiger partial charge is 0.255 e. The largest absolute Gasteiger partial charge is 0.369 e. The summed E-state index contributed by atoms with van der Waals surface area (Å²) in [6, 6.07) is 15.0. The molecule has 0 bridgehead atoms. The van der Waals surface area contributed by atoms with Crippen LogP contribution < -0.4 is 11.1 Å². The quantitative estimate of drug-likeness (QED) is 0.508. The summed E-state index contributed by atoms with van der Waals surface area (Å²) in [6.07, 6.45) is 4.69. The summed E-state index contributed by atoms with van der Waals surface area (Å²) in [4.78, 5) is 43.3. The van der Waals surface area contributed by atoms with Gasteiger partial charge in [-0.3, -0.25) is 19.0 Å². The Labute approximate surface area is 202 Å². The second kappa shape index (κ2) is 10.6. The third kappa shape index (κ3) is 5.31. The molecular formula is C25H27N5O3S. The average Bonchev–Trinajstić information content (AvgIpc) is 3.31. The van der Waals surface area contributed by atoms with Crippen LogP contribution in [-0.2, 0) is 9.59 Å². The number of piperidine rings is 1. The summed E-state index contributed by atoms with van der Waals surface area (Å²) in [5.41, 5.74) is 8.42. The fourth-order valence-electron chi connectivity index (χ4n) is 4.05. The van der Waals surface area contributed by atoms with Crippen LogP contribution in [0, 0.1) is 12.8 Å². The molecule has 1 aliphatic rings. The van der Waals surface area contributed by atoms with Crippen molar-refractivity contribution in [1.29, 1.82) is 0 Å². The highest BCUT2D eigenvalue weighted by atomic mass is 32.2. The number of amides is 3. The van der Waals surface area contributed by atoms with Gasteiger partial charge < -0.3 is 16.0 Å². The number of benzene rings is 2. The standard InChI is InChI=1S/C25H27N5O3S/c1-17-6-2-5-9-21(17)30-15-12-27-25(30)34-16-22(31)28-20-8-4-3-7-19(20)24(33)29-13-10-18(11-14-29)23(26)32/h2-9,12,15,18H,10-11,13-14,16H2,1H3,(H2,26,32)(H,28,31). The number of nitrogens with two attached hydrogens (primary N) is 1. The van der Waals surface area contributed by atoms with Crippen LogP contribution in [0.3, 0.4) is 0 Å². The lowest BCUT2D eigenvalue weighted by atomic mass is 9.95. The van der Waals surface area contributed by atoms with E-state index < -0.39 is 0 Å². The maximum absolute atomic E-state index is 13.1. The van der Waals surface area contributed by atoms with Gasteiger partial charge in [0.25, 0.3) is 5.91 Å². The minimum atomic E-state index is -0.319. The molecular weight excluding hydrogens is 450 g/mol. The van der Waals surface area contributed by atoms with Gasteiger partial charge in [0.05, 0.1) is 22.7 Å². The van der Waals surface area contributed by atoms with E-state index in [2.05, 4.69) is 10.3 Å². The van der Waals surface area contributed by atoms with Gasteiger partial charge in [-0.2, -0.15) is 0 Å². The van der Waals surface area contributed by atoms with Crippen molar-refractivity contribution in [2.24, 2.45) is 11.7 Å². The van der Waals surface area contributed by atoms with Gasteiger partial charge in [-0.15, -0.1) is 0 Å².